The number of hydrogen-bond acceptors (Lipinski definition) is 6. The fourth-order valence-corrected chi connectivity index (χ4v) is 4.82. The van der Waals surface area contributed by atoms with Crippen LogP contribution in [0.15, 0.2) is 51.5 Å². The van der Waals surface area contributed by atoms with Crippen LogP contribution in [0.3, 0.4) is 0 Å². The van der Waals surface area contributed by atoms with Gasteiger partial charge in [-0.1, -0.05) is 35.1 Å². The lowest BCUT2D eigenvalue weighted by molar-refractivity contribution is -0.139. The zero-order chi connectivity index (χ0) is 22.3. The molecule has 3 aromatic rings. The minimum atomic E-state index is -0.648. The third kappa shape index (κ3) is 3.88. The van der Waals surface area contributed by atoms with E-state index in [1.165, 1.54) is 11.3 Å². The lowest BCUT2D eigenvalue weighted by Gasteiger charge is -2.24. The van der Waals surface area contributed by atoms with E-state index in [1.807, 2.05) is 38.4 Å². The first kappa shape index (κ1) is 21.3. The number of allylic oxidation sites excluding steroid dienone is 1. The second kappa shape index (κ2) is 8.28. The monoisotopic (exact) mass is 456 g/mol. The summed E-state index contributed by atoms with van der Waals surface area (Å²) >= 11 is 7.36. The van der Waals surface area contributed by atoms with Gasteiger partial charge in [0.15, 0.2) is 4.80 Å². The second-order valence-corrected chi connectivity index (χ2v) is 8.64. The number of esters is 1. The van der Waals surface area contributed by atoms with Crippen LogP contribution in [0.25, 0.3) is 6.08 Å². The zero-order valence-corrected chi connectivity index (χ0v) is 19.1. The molecule has 2 aromatic heterocycles. The Balaban J connectivity index is 1.97. The van der Waals surface area contributed by atoms with Crippen molar-refractivity contribution in [2.75, 3.05) is 6.61 Å². The molecular weight excluding hydrogens is 436 g/mol. The Bertz CT molecular complexity index is 1380. The van der Waals surface area contributed by atoms with Crippen LogP contribution in [-0.2, 0) is 16.6 Å². The number of aryl methyl sites for hydroxylation is 2. The van der Waals surface area contributed by atoms with Crippen LogP contribution < -0.4 is 14.9 Å². The van der Waals surface area contributed by atoms with E-state index in [4.69, 9.17) is 16.3 Å². The predicted octanol–water partition coefficient (Wildman–Crippen LogP) is 2.49. The predicted molar refractivity (Wildman–Crippen MR) is 120 cm³/mol. The summed E-state index contributed by atoms with van der Waals surface area (Å²) in [6.07, 6.45) is 3.67. The molecule has 1 aliphatic heterocycles. The first-order valence-corrected chi connectivity index (χ1v) is 10.9. The quantitative estimate of drug-likeness (QED) is 0.565. The highest BCUT2D eigenvalue weighted by molar-refractivity contribution is 7.07. The molecule has 9 heteroatoms. The number of aromatic nitrogens is 3. The summed E-state index contributed by atoms with van der Waals surface area (Å²) in [5, 5.41) is 4.90. The molecule has 7 nitrogen and oxygen atoms in total. The average Bonchev–Trinajstić information content (AvgIpc) is 3.19. The van der Waals surface area contributed by atoms with E-state index < -0.39 is 12.0 Å². The highest BCUT2D eigenvalue weighted by Crippen LogP contribution is 2.31. The smallest absolute Gasteiger partial charge is 0.338 e. The summed E-state index contributed by atoms with van der Waals surface area (Å²) in [7, 11) is 1.83. The number of ether oxygens (including phenoxy) is 1. The molecule has 0 saturated carbocycles. The molecule has 31 heavy (non-hydrogen) atoms. The van der Waals surface area contributed by atoms with Crippen molar-refractivity contribution in [3.63, 3.8) is 0 Å². The van der Waals surface area contributed by atoms with Crippen molar-refractivity contribution in [3.05, 3.63) is 83.3 Å². The molecule has 160 valence electrons. The number of thiazole rings is 1. The maximum absolute atomic E-state index is 13.5. The fourth-order valence-electron chi connectivity index (χ4n) is 3.65. The van der Waals surface area contributed by atoms with Gasteiger partial charge in [-0.25, -0.2) is 9.79 Å². The Morgan fingerprint density at radius 2 is 2.00 bits per heavy atom. The molecule has 1 aromatic carbocycles. The lowest BCUT2D eigenvalue weighted by atomic mass is 9.96. The van der Waals surface area contributed by atoms with E-state index >= 15 is 0 Å². The van der Waals surface area contributed by atoms with Crippen molar-refractivity contribution in [1.29, 1.82) is 0 Å². The van der Waals surface area contributed by atoms with Crippen molar-refractivity contribution >= 4 is 35.0 Å². The van der Waals surface area contributed by atoms with E-state index in [1.54, 1.807) is 35.2 Å². The number of carbonyl (C=O) groups is 1. The highest BCUT2D eigenvalue weighted by atomic mass is 35.5. The second-order valence-electron chi connectivity index (χ2n) is 7.20. The standard InChI is InChI=1S/C22H21ClN4O3S/c1-5-30-21(29)18-13(3)24-22-27(19(18)14-6-8-16(23)9-7-14)20(28)17(31-22)10-15-11-26(4)25-12(15)2/h6-11,19H,5H2,1-4H3/b17-10+/t19-/m1/s1. The molecule has 0 spiro atoms. The first-order chi connectivity index (χ1) is 14.8. The summed E-state index contributed by atoms with van der Waals surface area (Å²) in [5.41, 5.74) is 3.10. The third-order valence-corrected chi connectivity index (χ3v) is 6.28. The molecule has 4 rings (SSSR count). The van der Waals surface area contributed by atoms with Crippen LogP contribution in [0.1, 0.15) is 36.7 Å². The number of nitrogens with zero attached hydrogens (tertiary/aromatic N) is 4. The molecule has 1 aliphatic rings. The van der Waals surface area contributed by atoms with E-state index in [0.717, 1.165) is 16.8 Å². The van der Waals surface area contributed by atoms with E-state index in [9.17, 15) is 9.59 Å². The van der Waals surface area contributed by atoms with Gasteiger partial charge in [0.05, 0.1) is 34.1 Å². The minimum absolute atomic E-state index is 0.221. The number of hydrogen-bond donors (Lipinski definition) is 0. The molecule has 0 amide bonds. The van der Waals surface area contributed by atoms with Gasteiger partial charge < -0.3 is 4.74 Å². The lowest BCUT2D eigenvalue weighted by Crippen LogP contribution is -2.39. The summed E-state index contributed by atoms with van der Waals surface area (Å²) < 4.78 is 9.08. The SMILES string of the molecule is CCOC(=O)C1=C(C)N=c2s/c(=C/c3cn(C)nc3C)c(=O)n2[C@@H]1c1ccc(Cl)cc1. The van der Waals surface area contributed by atoms with Gasteiger partial charge in [-0.05, 0) is 44.5 Å². The minimum Gasteiger partial charge on any atom is -0.463 e. The van der Waals surface area contributed by atoms with Gasteiger partial charge in [-0.3, -0.25) is 14.0 Å². The summed E-state index contributed by atoms with van der Waals surface area (Å²) in [5.74, 6) is -0.485. The molecule has 0 fully saturated rings. The Labute approximate surface area is 187 Å². The third-order valence-electron chi connectivity index (χ3n) is 5.04. The van der Waals surface area contributed by atoms with Gasteiger partial charge in [0.1, 0.15) is 0 Å². The number of benzene rings is 1. The fraction of sp³-hybridized carbons (Fsp3) is 0.273. The van der Waals surface area contributed by atoms with E-state index in [-0.39, 0.29) is 12.2 Å². The summed E-state index contributed by atoms with van der Waals surface area (Å²) in [6.45, 7) is 5.63. The molecular formula is C22H21ClN4O3S. The maximum Gasteiger partial charge on any atom is 0.338 e. The van der Waals surface area contributed by atoms with Gasteiger partial charge in [0.2, 0.25) is 0 Å². The van der Waals surface area contributed by atoms with Crippen LogP contribution in [0, 0.1) is 6.92 Å². The topological polar surface area (TPSA) is 78.5 Å². The summed E-state index contributed by atoms with van der Waals surface area (Å²) in [6, 6.07) is 6.46. The Morgan fingerprint density at radius 1 is 1.29 bits per heavy atom. The van der Waals surface area contributed by atoms with Crippen LogP contribution in [0.5, 0.6) is 0 Å². The molecule has 0 saturated heterocycles. The zero-order valence-electron chi connectivity index (χ0n) is 17.5. The molecule has 0 unspecified atom stereocenters. The Hall–Kier alpha value is -2.97. The maximum atomic E-state index is 13.5. The van der Waals surface area contributed by atoms with Gasteiger partial charge in [-0.2, -0.15) is 5.10 Å². The molecule has 0 aliphatic carbocycles. The van der Waals surface area contributed by atoms with Crippen molar-refractivity contribution in [1.82, 2.24) is 14.3 Å². The van der Waals surface area contributed by atoms with Crippen LogP contribution in [-0.4, -0.2) is 26.9 Å². The van der Waals surface area contributed by atoms with Crippen LogP contribution in [0.2, 0.25) is 5.02 Å². The van der Waals surface area contributed by atoms with E-state index in [0.29, 0.717) is 25.6 Å². The molecule has 3 heterocycles. The number of halogens is 1. The van der Waals surface area contributed by atoms with Crippen molar-refractivity contribution in [2.24, 2.45) is 12.0 Å². The van der Waals surface area contributed by atoms with Crippen molar-refractivity contribution in [3.8, 4) is 0 Å². The molecule has 0 radical (unpaired) electrons. The molecule has 1 atom stereocenters. The van der Waals surface area contributed by atoms with Crippen LogP contribution in [0.4, 0.5) is 0 Å². The average molecular weight is 457 g/mol. The normalized spacial score (nSPS) is 16.3. The van der Waals surface area contributed by atoms with E-state index in [2.05, 4.69) is 10.1 Å². The highest BCUT2D eigenvalue weighted by Gasteiger charge is 2.33. The molecule has 0 N–H and O–H groups in total. The first-order valence-electron chi connectivity index (χ1n) is 9.75. The molecule has 0 bridgehead atoms. The van der Waals surface area contributed by atoms with Gasteiger partial charge >= 0.3 is 5.97 Å². The van der Waals surface area contributed by atoms with Gasteiger partial charge in [0.25, 0.3) is 5.56 Å². The number of carbonyl (C=O) groups excluding carboxylic acids is 1. The van der Waals surface area contributed by atoms with Crippen molar-refractivity contribution < 1.29 is 9.53 Å². The number of rotatable bonds is 4. The Morgan fingerprint density at radius 3 is 2.61 bits per heavy atom. The van der Waals surface area contributed by atoms with Gasteiger partial charge in [-0.15, -0.1) is 0 Å². The van der Waals surface area contributed by atoms with Crippen molar-refractivity contribution in [2.45, 2.75) is 26.8 Å². The largest absolute Gasteiger partial charge is 0.463 e. The summed E-state index contributed by atoms with van der Waals surface area (Å²) in [4.78, 5) is 31.4. The Kier molecular flexibility index (Phi) is 5.68. The number of fused-ring (bicyclic) bond motifs is 1. The van der Waals surface area contributed by atoms with Crippen LogP contribution >= 0.6 is 22.9 Å². The van der Waals surface area contributed by atoms with Gasteiger partial charge in [0, 0.05) is 23.8 Å².